The van der Waals surface area contributed by atoms with Crippen molar-refractivity contribution in [1.29, 1.82) is 0 Å². The van der Waals surface area contributed by atoms with Crippen LogP contribution in [0, 0.1) is 6.92 Å². The number of benzene rings is 1. The van der Waals surface area contributed by atoms with Crippen molar-refractivity contribution >= 4 is 11.9 Å². The highest BCUT2D eigenvalue weighted by Crippen LogP contribution is 2.14. The molecule has 1 rings (SSSR count). The minimum absolute atomic E-state index is 0.367. The molecule has 0 aliphatic heterocycles. The van der Waals surface area contributed by atoms with Crippen LogP contribution in [-0.2, 0) is 19.1 Å². The molecule has 6 heteroatoms. The molecule has 1 N–H and O–H groups in total. The summed E-state index contributed by atoms with van der Waals surface area (Å²) in [4.78, 5) is 23.6. The zero-order valence-electron chi connectivity index (χ0n) is 13.4. The normalized spacial score (nSPS) is 13.1. The second-order valence-corrected chi connectivity index (χ2v) is 4.94. The second-order valence-electron chi connectivity index (χ2n) is 4.94. The third-order valence-electron chi connectivity index (χ3n) is 2.90. The molecule has 1 aromatic rings. The lowest BCUT2D eigenvalue weighted by Gasteiger charge is -2.18. The summed E-state index contributed by atoms with van der Waals surface area (Å²) >= 11 is 0. The van der Waals surface area contributed by atoms with Gasteiger partial charge in [0.2, 0.25) is 0 Å². The van der Waals surface area contributed by atoms with Gasteiger partial charge in [-0.05, 0) is 38.5 Å². The Morgan fingerprint density at radius 2 is 1.95 bits per heavy atom. The Kier molecular flexibility index (Phi) is 7.39. The predicted octanol–water partition coefficient (Wildman–Crippen LogP) is 1.46. The number of carbonyl (C=O) groups excluding carboxylic acids is 2. The highest BCUT2D eigenvalue weighted by atomic mass is 16.6. The third kappa shape index (κ3) is 6.13. The van der Waals surface area contributed by atoms with Gasteiger partial charge in [0.1, 0.15) is 5.75 Å². The van der Waals surface area contributed by atoms with Gasteiger partial charge < -0.3 is 19.5 Å². The van der Waals surface area contributed by atoms with Gasteiger partial charge in [-0.1, -0.05) is 12.1 Å². The van der Waals surface area contributed by atoms with Crippen molar-refractivity contribution in [2.24, 2.45) is 0 Å². The smallest absolute Gasteiger partial charge is 0.347 e. The summed E-state index contributed by atoms with van der Waals surface area (Å²) in [5.74, 6) is -0.370. The lowest BCUT2D eigenvalue weighted by atomic mass is 10.2. The minimum Gasteiger partial charge on any atom is -0.479 e. The van der Waals surface area contributed by atoms with E-state index in [9.17, 15) is 9.59 Å². The molecule has 0 bridgehead atoms. The van der Waals surface area contributed by atoms with Gasteiger partial charge in [0.25, 0.3) is 5.91 Å². The largest absolute Gasteiger partial charge is 0.479 e. The van der Waals surface area contributed by atoms with E-state index in [4.69, 9.17) is 14.2 Å². The number of carbonyl (C=O) groups is 2. The Balaban J connectivity index is 2.44. The first-order chi connectivity index (χ1) is 10.4. The number of aryl methyl sites for hydroxylation is 1. The van der Waals surface area contributed by atoms with Crippen molar-refractivity contribution in [3.63, 3.8) is 0 Å². The first-order valence-corrected chi connectivity index (χ1v) is 7.14. The first kappa shape index (κ1) is 18.0. The highest BCUT2D eigenvalue weighted by molar-refractivity contribution is 5.84. The van der Waals surface area contributed by atoms with Gasteiger partial charge in [-0.25, -0.2) is 4.79 Å². The average molecular weight is 309 g/mol. The predicted molar refractivity (Wildman–Crippen MR) is 81.7 cm³/mol. The number of hydrogen-bond donors (Lipinski definition) is 1. The maximum Gasteiger partial charge on any atom is 0.347 e. The van der Waals surface area contributed by atoms with E-state index in [1.807, 2.05) is 25.1 Å². The molecule has 2 atom stereocenters. The summed E-state index contributed by atoms with van der Waals surface area (Å²) < 4.78 is 15.4. The Morgan fingerprint density at radius 1 is 1.23 bits per heavy atom. The molecule has 1 aromatic carbocycles. The molecular weight excluding hydrogens is 286 g/mol. The van der Waals surface area contributed by atoms with E-state index in [1.54, 1.807) is 20.1 Å². The maximum atomic E-state index is 11.9. The number of methoxy groups -OCH3 is 1. The third-order valence-corrected chi connectivity index (χ3v) is 2.90. The van der Waals surface area contributed by atoms with E-state index < -0.39 is 18.2 Å². The number of ether oxygens (including phenoxy) is 3. The van der Waals surface area contributed by atoms with Crippen molar-refractivity contribution in [3.8, 4) is 5.75 Å². The van der Waals surface area contributed by atoms with Crippen molar-refractivity contribution in [1.82, 2.24) is 5.32 Å². The molecule has 0 aromatic heterocycles. The molecule has 0 fully saturated rings. The van der Waals surface area contributed by atoms with E-state index in [-0.39, 0.29) is 5.91 Å². The lowest BCUT2D eigenvalue weighted by molar-refractivity contribution is -0.160. The Morgan fingerprint density at radius 3 is 2.59 bits per heavy atom. The van der Waals surface area contributed by atoms with Gasteiger partial charge in [0, 0.05) is 13.7 Å². The fraction of sp³-hybridized carbons (Fsp3) is 0.500. The van der Waals surface area contributed by atoms with Crippen LogP contribution in [0.2, 0.25) is 0 Å². The van der Waals surface area contributed by atoms with Crippen LogP contribution in [-0.4, -0.2) is 44.3 Å². The molecule has 0 aliphatic carbocycles. The van der Waals surface area contributed by atoms with Crippen LogP contribution < -0.4 is 10.1 Å². The van der Waals surface area contributed by atoms with Gasteiger partial charge in [0.15, 0.2) is 12.2 Å². The summed E-state index contributed by atoms with van der Waals surface area (Å²) in [6.07, 6.45) is -1.68. The van der Waals surface area contributed by atoms with Crippen molar-refractivity contribution < 1.29 is 23.8 Å². The van der Waals surface area contributed by atoms with E-state index in [0.717, 1.165) is 5.56 Å². The number of hydrogen-bond acceptors (Lipinski definition) is 5. The fourth-order valence-corrected chi connectivity index (χ4v) is 1.68. The van der Waals surface area contributed by atoms with Gasteiger partial charge in [-0.3, -0.25) is 4.79 Å². The molecule has 0 radical (unpaired) electrons. The molecule has 122 valence electrons. The molecule has 0 spiro atoms. The summed E-state index contributed by atoms with van der Waals surface area (Å²) in [7, 11) is 1.54. The van der Waals surface area contributed by atoms with Crippen LogP contribution in [0.15, 0.2) is 24.3 Å². The van der Waals surface area contributed by atoms with Crippen molar-refractivity contribution in [2.75, 3.05) is 20.3 Å². The van der Waals surface area contributed by atoms with Crippen LogP contribution in [0.5, 0.6) is 5.75 Å². The van der Waals surface area contributed by atoms with Gasteiger partial charge in [-0.2, -0.15) is 0 Å². The summed E-state index contributed by atoms with van der Waals surface area (Å²) in [5, 5.41) is 2.60. The van der Waals surface area contributed by atoms with Crippen LogP contribution in [0.3, 0.4) is 0 Å². The Labute approximate surface area is 130 Å². The van der Waals surface area contributed by atoms with Crippen molar-refractivity contribution in [3.05, 3.63) is 29.8 Å². The lowest BCUT2D eigenvalue weighted by Crippen LogP contribution is -2.39. The van der Waals surface area contributed by atoms with Crippen LogP contribution in [0.1, 0.15) is 19.4 Å². The van der Waals surface area contributed by atoms with Gasteiger partial charge in [0.05, 0.1) is 6.61 Å². The number of rotatable bonds is 8. The zero-order chi connectivity index (χ0) is 16.5. The maximum absolute atomic E-state index is 11.9. The van der Waals surface area contributed by atoms with Crippen molar-refractivity contribution in [2.45, 2.75) is 33.0 Å². The van der Waals surface area contributed by atoms with E-state index >= 15 is 0 Å². The van der Waals surface area contributed by atoms with Crippen LogP contribution >= 0.6 is 0 Å². The molecule has 0 saturated carbocycles. The SMILES string of the molecule is COCCNC(=O)[C@H](C)OC(=O)[C@@H](C)Oc1cccc(C)c1. The number of nitrogens with one attached hydrogen (secondary N) is 1. The van der Waals surface area contributed by atoms with E-state index in [0.29, 0.717) is 18.9 Å². The topological polar surface area (TPSA) is 73.9 Å². The Bertz CT molecular complexity index is 503. The molecule has 0 aliphatic rings. The molecule has 6 nitrogen and oxygen atoms in total. The van der Waals surface area contributed by atoms with Crippen LogP contribution in [0.4, 0.5) is 0 Å². The van der Waals surface area contributed by atoms with E-state index in [1.165, 1.54) is 6.92 Å². The summed E-state index contributed by atoms with van der Waals surface area (Å²) in [6, 6.07) is 7.36. The summed E-state index contributed by atoms with van der Waals surface area (Å²) in [6.45, 7) is 5.80. The molecule has 0 unspecified atom stereocenters. The monoisotopic (exact) mass is 309 g/mol. The minimum atomic E-state index is -0.882. The molecule has 1 amide bonds. The zero-order valence-corrected chi connectivity index (χ0v) is 13.4. The Hall–Kier alpha value is -2.08. The molecular formula is C16H23NO5. The average Bonchev–Trinajstić information content (AvgIpc) is 2.47. The highest BCUT2D eigenvalue weighted by Gasteiger charge is 2.22. The van der Waals surface area contributed by atoms with Crippen LogP contribution in [0.25, 0.3) is 0 Å². The molecule has 0 heterocycles. The van der Waals surface area contributed by atoms with E-state index in [2.05, 4.69) is 5.32 Å². The second kappa shape index (κ2) is 9.04. The molecule has 0 saturated heterocycles. The molecule has 22 heavy (non-hydrogen) atoms. The fourth-order valence-electron chi connectivity index (χ4n) is 1.68. The standard InChI is InChI=1S/C16H23NO5/c1-11-6-5-7-14(10-11)21-13(3)16(19)22-12(2)15(18)17-8-9-20-4/h5-7,10,12-13H,8-9H2,1-4H3,(H,17,18)/t12-,13+/m0/s1. The number of esters is 1. The van der Waals surface area contributed by atoms with Gasteiger partial charge >= 0.3 is 5.97 Å². The number of amides is 1. The first-order valence-electron chi connectivity index (χ1n) is 7.14. The van der Waals surface area contributed by atoms with Gasteiger partial charge in [-0.15, -0.1) is 0 Å². The quantitative estimate of drug-likeness (QED) is 0.581. The summed E-state index contributed by atoms with van der Waals surface area (Å²) in [5.41, 5.74) is 1.03.